The number of allylic oxidation sites excluding steroid dienone is 2. The molecule has 3 rings (SSSR count). The van der Waals surface area contributed by atoms with Crippen LogP contribution < -0.4 is 0 Å². The van der Waals surface area contributed by atoms with Crippen molar-refractivity contribution in [1.29, 1.82) is 0 Å². The van der Waals surface area contributed by atoms with Gasteiger partial charge >= 0.3 is 12.1 Å². The van der Waals surface area contributed by atoms with Crippen molar-refractivity contribution in [3.8, 4) is 0 Å². The van der Waals surface area contributed by atoms with Gasteiger partial charge < -0.3 is 9.47 Å². The van der Waals surface area contributed by atoms with Crippen LogP contribution >= 0.6 is 0 Å². The smallest absolute Gasteiger partial charge is 0.416 e. The minimum absolute atomic E-state index is 0.0157. The number of fused-ring (bicyclic) bond motifs is 1. The van der Waals surface area contributed by atoms with Gasteiger partial charge in [0, 0.05) is 5.41 Å². The minimum Gasteiger partial charge on any atom is -0.469 e. The molecule has 1 aliphatic heterocycles. The van der Waals surface area contributed by atoms with Gasteiger partial charge in [-0.05, 0) is 24.7 Å². The monoisotopic (exact) mass is 349 g/mol. The number of ether oxygens (including phenoxy) is 2. The van der Waals surface area contributed by atoms with E-state index in [-0.39, 0.29) is 30.4 Å². The molecule has 2 aliphatic carbocycles. The summed E-state index contributed by atoms with van der Waals surface area (Å²) >= 11 is 0. The predicted molar refractivity (Wildman–Crippen MR) is 90.5 cm³/mol. The second-order valence-corrected chi connectivity index (χ2v) is 8.22. The summed E-state index contributed by atoms with van der Waals surface area (Å²) in [6, 6.07) is 0. The number of methoxy groups -OCH3 is 1. The lowest BCUT2D eigenvalue weighted by Crippen LogP contribution is -2.54. The quantitative estimate of drug-likeness (QED) is 0.566. The Labute approximate surface area is 148 Å². The van der Waals surface area contributed by atoms with Gasteiger partial charge in [-0.15, -0.1) is 0 Å². The normalized spacial score (nSPS) is 34.0. The van der Waals surface area contributed by atoms with Gasteiger partial charge in [-0.1, -0.05) is 38.8 Å². The highest BCUT2D eigenvalue weighted by Gasteiger charge is 2.56. The molecule has 138 valence electrons. The summed E-state index contributed by atoms with van der Waals surface area (Å²) in [5.41, 5.74) is 0.772. The highest BCUT2D eigenvalue weighted by atomic mass is 16.6. The molecule has 2 amide bonds. The zero-order chi connectivity index (χ0) is 18.4. The fourth-order valence-electron chi connectivity index (χ4n) is 5.19. The topological polar surface area (TPSA) is 72.9 Å². The SMILES string of the molecule is COC(=O)[C@@H]1CC=C2C(C)(C)CCC[C@]2(C)[C@H]1C(=O)N1CCOC1=O. The maximum atomic E-state index is 13.3. The van der Waals surface area contributed by atoms with Gasteiger partial charge in [0.15, 0.2) is 0 Å². The molecule has 1 saturated carbocycles. The zero-order valence-corrected chi connectivity index (χ0v) is 15.5. The van der Waals surface area contributed by atoms with Gasteiger partial charge in [0.2, 0.25) is 5.91 Å². The first-order valence-electron chi connectivity index (χ1n) is 8.99. The molecule has 0 aromatic heterocycles. The summed E-state index contributed by atoms with van der Waals surface area (Å²) in [7, 11) is 1.35. The van der Waals surface area contributed by atoms with Crippen LogP contribution in [-0.4, -0.2) is 43.1 Å². The summed E-state index contributed by atoms with van der Waals surface area (Å²) < 4.78 is 9.93. The van der Waals surface area contributed by atoms with Crippen LogP contribution in [0.4, 0.5) is 4.79 Å². The van der Waals surface area contributed by atoms with Crippen LogP contribution in [0.3, 0.4) is 0 Å². The molecule has 0 N–H and O–H groups in total. The third-order valence-electron chi connectivity index (χ3n) is 6.30. The van der Waals surface area contributed by atoms with E-state index in [0.717, 1.165) is 24.2 Å². The zero-order valence-electron chi connectivity index (χ0n) is 15.5. The largest absolute Gasteiger partial charge is 0.469 e. The van der Waals surface area contributed by atoms with Crippen LogP contribution in [-0.2, 0) is 19.1 Å². The third kappa shape index (κ3) is 2.75. The van der Waals surface area contributed by atoms with E-state index in [4.69, 9.17) is 9.47 Å². The fourth-order valence-corrected chi connectivity index (χ4v) is 5.19. The standard InChI is InChI=1S/C19H27NO5/c1-18(2)8-5-9-19(3)13(18)7-6-12(16(22)24-4)14(19)15(21)20-10-11-25-17(20)23/h7,12,14H,5-6,8-11H2,1-4H3/t12-,14-,19+/m1/s1. The number of amides is 2. The van der Waals surface area contributed by atoms with Crippen LogP contribution in [0.1, 0.15) is 46.5 Å². The number of carbonyl (C=O) groups is 3. The van der Waals surface area contributed by atoms with Crippen LogP contribution in [0.2, 0.25) is 0 Å². The van der Waals surface area contributed by atoms with Crippen molar-refractivity contribution >= 4 is 18.0 Å². The Balaban J connectivity index is 2.06. The van der Waals surface area contributed by atoms with E-state index < -0.39 is 23.3 Å². The number of hydrogen-bond acceptors (Lipinski definition) is 5. The van der Waals surface area contributed by atoms with Crippen molar-refractivity contribution in [2.45, 2.75) is 46.5 Å². The molecule has 0 spiro atoms. The number of esters is 1. The minimum atomic E-state index is -0.608. The summed E-state index contributed by atoms with van der Waals surface area (Å²) in [6.45, 7) is 6.92. The second kappa shape index (κ2) is 6.15. The van der Waals surface area contributed by atoms with E-state index in [1.165, 1.54) is 12.7 Å². The number of cyclic esters (lactones) is 1. The Morgan fingerprint density at radius 2 is 2.00 bits per heavy atom. The third-order valence-corrected chi connectivity index (χ3v) is 6.30. The van der Waals surface area contributed by atoms with Gasteiger partial charge in [-0.2, -0.15) is 0 Å². The average Bonchev–Trinajstić information content (AvgIpc) is 2.97. The van der Waals surface area contributed by atoms with Crippen LogP contribution in [0.25, 0.3) is 0 Å². The molecule has 0 unspecified atom stereocenters. The summed E-state index contributed by atoms with van der Waals surface area (Å²) in [4.78, 5) is 38.8. The van der Waals surface area contributed by atoms with Crippen molar-refractivity contribution in [2.75, 3.05) is 20.3 Å². The van der Waals surface area contributed by atoms with Crippen molar-refractivity contribution < 1.29 is 23.9 Å². The second-order valence-electron chi connectivity index (χ2n) is 8.22. The van der Waals surface area contributed by atoms with Crippen LogP contribution in [0.15, 0.2) is 11.6 Å². The molecule has 2 fully saturated rings. The van der Waals surface area contributed by atoms with Gasteiger partial charge in [0.05, 0.1) is 25.5 Å². The molecule has 0 aromatic rings. The molecule has 3 atom stereocenters. The lowest BCUT2D eigenvalue weighted by Gasteiger charge is -2.53. The van der Waals surface area contributed by atoms with Crippen molar-refractivity contribution in [2.24, 2.45) is 22.7 Å². The van der Waals surface area contributed by atoms with E-state index in [2.05, 4.69) is 26.8 Å². The molecule has 6 heteroatoms. The summed E-state index contributed by atoms with van der Waals surface area (Å²) in [6.07, 6.45) is 4.87. The van der Waals surface area contributed by atoms with E-state index in [0.29, 0.717) is 6.42 Å². The fraction of sp³-hybridized carbons (Fsp3) is 0.737. The first kappa shape index (κ1) is 18.0. The van der Waals surface area contributed by atoms with Crippen LogP contribution in [0.5, 0.6) is 0 Å². The number of hydrogen-bond donors (Lipinski definition) is 0. The molecule has 1 saturated heterocycles. The summed E-state index contributed by atoms with van der Waals surface area (Å²) in [5, 5.41) is 0. The number of carbonyl (C=O) groups excluding carboxylic acids is 3. The Morgan fingerprint density at radius 3 is 2.60 bits per heavy atom. The molecule has 0 aromatic carbocycles. The molecule has 3 aliphatic rings. The number of rotatable bonds is 2. The molecule has 1 heterocycles. The van der Waals surface area contributed by atoms with E-state index in [1.807, 2.05) is 0 Å². The molecule has 6 nitrogen and oxygen atoms in total. The summed E-state index contributed by atoms with van der Waals surface area (Å²) in [5.74, 6) is -1.84. The molecule has 25 heavy (non-hydrogen) atoms. The Kier molecular flexibility index (Phi) is 4.41. The van der Waals surface area contributed by atoms with Crippen LogP contribution in [0, 0.1) is 22.7 Å². The predicted octanol–water partition coefficient (Wildman–Crippen LogP) is 2.92. The highest BCUT2D eigenvalue weighted by molar-refractivity contribution is 5.97. The Bertz CT molecular complexity index is 638. The highest BCUT2D eigenvalue weighted by Crippen LogP contribution is 2.59. The first-order chi connectivity index (χ1) is 11.7. The lowest BCUT2D eigenvalue weighted by molar-refractivity contribution is -0.157. The van der Waals surface area contributed by atoms with Gasteiger partial charge in [0.25, 0.3) is 0 Å². The Hall–Kier alpha value is -1.85. The maximum Gasteiger partial charge on any atom is 0.416 e. The maximum absolute atomic E-state index is 13.3. The van der Waals surface area contributed by atoms with Crippen molar-refractivity contribution in [3.63, 3.8) is 0 Å². The van der Waals surface area contributed by atoms with Gasteiger partial charge in [-0.25, -0.2) is 9.69 Å². The molecule has 0 bridgehead atoms. The lowest BCUT2D eigenvalue weighted by atomic mass is 9.51. The molecule has 0 radical (unpaired) electrons. The van der Waals surface area contributed by atoms with Gasteiger partial charge in [-0.3, -0.25) is 9.59 Å². The van der Waals surface area contributed by atoms with Gasteiger partial charge in [0.1, 0.15) is 6.61 Å². The molecular formula is C19H27NO5. The van der Waals surface area contributed by atoms with E-state index in [9.17, 15) is 14.4 Å². The first-order valence-corrected chi connectivity index (χ1v) is 8.99. The van der Waals surface area contributed by atoms with E-state index >= 15 is 0 Å². The average molecular weight is 349 g/mol. The molecular weight excluding hydrogens is 322 g/mol. The van der Waals surface area contributed by atoms with Crippen molar-refractivity contribution in [3.05, 3.63) is 11.6 Å². The van der Waals surface area contributed by atoms with E-state index in [1.54, 1.807) is 0 Å². The number of imide groups is 1. The Morgan fingerprint density at radius 1 is 1.28 bits per heavy atom. The number of nitrogens with zero attached hydrogens (tertiary/aromatic N) is 1. The van der Waals surface area contributed by atoms with Crippen molar-refractivity contribution in [1.82, 2.24) is 4.90 Å².